The number of nitrogens with two attached hydrogens (primary N) is 1. The van der Waals surface area contributed by atoms with E-state index in [0.717, 1.165) is 16.7 Å². The highest BCUT2D eigenvalue weighted by Crippen LogP contribution is 2.27. The first-order valence-corrected chi connectivity index (χ1v) is 5.52. The van der Waals surface area contributed by atoms with Crippen molar-refractivity contribution in [1.82, 2.24) is 0 Å². The Kier molecular flexibility index (Phi) is 3.30. The molecule has 0 atom stereocenters. The fourth-order valence-electron chi connectivity index (χ4n) is 1.77. The van der Waals surface area contributed by atoms with Crippen molar-refractivity contribution in [3.05, 3.63) is 48.0 Å². The molecule has 2 rings (SSSR count). The van der Waals surface area contributed by atoms with E-state index in [4.69, 9.17) is 5.73 Å². The molecule has 88 valence electrons. The largest absolute Gasteiger partial charge is 0.508 e. The highest BCUT2D eigenvalue weighted by molar-refractivity contribution is 5.66. The SMILES string of the molecule is NCCc1cc(-c2ccc(O)cc2)ccc1O. The molecule has 0 fully saturated rings. The zero-order valence-corrected chi connectivity index (χ0v) is 9.43. The summed E-state index contributed by atoms with van der Waals surface area (Å²) >= 11 is 0. The molecule has 0 aliphatic carbocycles. The number of aromatic hydroxyl groups is 2. The molecule has 2 aromatic carbocycles. The van der Waals surface area contributed by atoms with Gasteiger partial charge in [-0.2, -0.15) is 0 Å². The molecule has 2 aromatic rings. The second-order valence-corrected chi connectivity index (χ2v) is 3.93. The van der Waals surface area contributed by atoms with Gasteiger partial charge in [0.2, 0.25) is 0 Å². The molecule has 17 heavy (non-hydrogen) atoms. The summed E-state index contributed by atoms with van der Waals surface area (Å²) in [6.07, 6.45) is 0.651. The van der Waals surface area contributed by atoms with Gasteiger partial charge in [-0.1, -0.05) is 18.2 Å². The molecule has 3 heteroatoms. The van der Waals surface area contributed by atoms with Crippen LogP contribution in [0, 0.1) is 0 Å². The average molecular weight is 229 g/mol. The summed E-state index contributed by atoms with van der Waals surface area (Å²) in [7, 11) is 0. The fourth-order valence-corrected chi connectivity index (χ4v) is 1.77. The Labute approximate surface area is 100 Å². The van der Waals surface area contributed by atoms with E-state index in [1.165, 1.54) is 0 Å². The molecule has 0 bridgehead atoms. The van der Waals surface area contributed by atoms with Crippen molar-refractivity contribution in [2.24, 2.45) is 5.73 Å². The third-order valence-electron chi connectivity index (χ3n) is 2.69. The Morgan fingerprint density at radius 2 is 1.53 bits per heavy atom. The molecule has 0 radical (unpaired) electrons. The van der Waals surface area contributed by atoms with Crippen molar-refractivity contribution in [1.29, 1.82) is 0 Å². The van der Waals surface area contributed by atoms with Crippen LogP contribution in [0.15, 0.2) is 42.5 Å². The summed E-state index contributed by atoms with van der Waals surface area (Å²) in [6, 6.07) is 12.4. The van der Waals surface area contributed by atoms with Gasteiger partial charge in [0.05, 0.1) is 0 Å². The van der Waals surface area contributed by atoms with Crippen molar-refractivity contribution >= 4 is 0 Å². The number of hydrogen-bond acceptors (Lipinski definition) is 3. The highest BCUT2D eigenvalue weighted by atomic mass is 16.3. The zero-order chi connectivity index (χ0) is 12.3. The first kappa shape index (κ1) is 11.5. The third kappa shape index (κ3) is 2.57. The quantitative estimate of drug-likeness (QED) is 0.756. The topological polar surface area (TPSA) is 66.5 Å². The Balaban J connectivity index is 2.39. The van der Waals surface area contributed by atoms with E-state index in [1.807, 2.05) is 24.3 Å². The highest BCUT2D eigenvalue weighted by Gasteiger charge is 2.04. The molecule has 3 nitrogen and oxygen atoms in total. The molecule has 0 aliphatic heterocycles. The van der Waals surface area contributed by atoms with Gasteiger partial charge >= 0.3 is 0 Å². The first-order valence-electron chi connectivity index (χ1n) is 5.52. The maximum atomic E-state index is 9.66. The van der Waals surface area contributed by atoms with Crippen LogP contribution >= 0.6 is 0 Å². The van der Waals surface area contributed by atoms with Gasteiger partial charge in [-0.3, -0.25) is 0 Å². The lowest BCUT2D eigenvalue weighted by molar-refractivity contribution is 0.468. The summed E-state index contributed by atoms with van der Waals surface area (Å²) in [5.74, 6) is 0.521. The Bertz CT molecular complexity index is 506. The van der Waals surface area contributed by atoms with Crippen LogP contribution in [0.1, 0.15) is 5.56 Å². The maximum Gasteiger partial charge on any atom is 0.118 e. The smallest absolute Gasteiger partial charge is 0.118 e. The molecule has 0 saturated carbocycles. The van der Waals surface area contributed by atoms with Crippen molar-refractivity contribution in [2.75, 3.05) is 6.54 Å². The lowest BCUT2D eigenvalue weighted by Crippen LogP contribution is -2.02. The van der Waals surface area contributed by atoms with Gasteiger partial charge in [-0.05, 0) is 53.9 Å². The van der Waals surface area contributed by atoms with E-state index in [2.05, 4.69) is 0 Å². The van der Waals surface area contributed by atoms with Crippen molar-refractivity contribution in [3.8, 4) is 22.6 Å². The number of phenolic OH excluding ortho intramolecular Hbond substituents is 2. The van der Waals surface area contributed by atoms with Crippen LogP contribution in [0.25, 0.3) is 11.1 Å². The molecule has 0 saturated heterocycles. The van der Waals surface area contributed by atoms with E-state index < -0.39 is 0 Å². The van der Waals surface area contributed by atoms with E-state index in [0.29, 0.717) is 13.0 Å². The molecule has 0 heterocycles. The molecule has 0 aromatic heterocycles. The normalized spacial score (nSPS) is 10.4. The second kappa shape index (κ2) is 4.89. The molecule has 0 aliphatic rings. The fraction of sp³-hybridized carbons (Fsp3) is 0.143. The number of phenols is 2. The average Bonchev–Trinajstić information content (AvgIpc) is 2.33. The molecule has 0 unspecified atom stereocenters. The van der Waals surface area contributed by atoms with Gasteiger partial charge < -0.3 is 15.9 Å². The van der Waals surface area contributed by atoms with Gasteiger partial charge in [0.1, 0.15) is 11.5 Å². The molecular formula is C14H15NO2. The van der Waals surface area contributed by atoms with E-state index >= 15 is 0 Å². The summed E-state index contributed by atoms with van der Waals surface area (Å²) in [6.45, 7) is 0.507. The minimum atomic E-state index is 0.245. The summed E-state index contributed by atoms with van der Waals surface area (Å²) in [5.41, 5.74) is 8.35. The van der Waals surface area contributed by atoms with Gasteiger partial charge in [-0.15, -0.1) is 0 Å². The van der Waals surface area contributed by atoms with Gasteiger partial charge in [-0.25, -0.2) is 0 Å². The van der Waals surface area contributed by atoms with E-state index in [9.17, 15) is 10.2 Å². The predicted molar refractivity (Wildman–Crippen MR) is 68.0 cm³/mol. The minimum absolute atomic E-state index is 0.245. The van der Waals surface area contributed by atoms with Gasteiger partial charge in [0, 0.05) is 0 Å². The van der Waals surface area contributed by atoms with Crippen LogP contribution in [0.3, 0.4) is 0 Å². The van der Waals surface area contributed by atoms with Crippen molar-refractivity contribution in [2.45, 2.75) is 6.42 Å². The molecule has 0 amide bonds. The molecule has 4 N–H and O–H groups in total. The van der Waals surface area contributed by atoms with Crippen LogP contribution < -0.4 is 5.73 Å². The Morgan fingerprint density at radius 3 is 2.18 bits per heavy atom. The number of rotatable bonds is 3. The maximum absolute atomic E-state index is 9.66. The number of benzene rings is 2. The van der Waals surface area contributed by atoms with Gasteiger partial charge in [0.25, 0.3) is 0 Å². The van der Waals surface area contributed by atoms with Crippen LogP contribution in [0.2, 0.25) is 0 Å². The lowest BCUT2D eigenvalue weighted by Gasteiger charge is -2.07. The zero-order valence-electron chi connectivity index (χ0n) is 9.43. The van der Waals surface area contributed by atoms with Crippen molar-refractivity contribution < 1.29 is 10.2 Å². The van der Waals surface area contributed by atoms with Gasteiger partial charge in [0.15, 0.2) is 0 Å². The molecular weight excluding hydrogens is 214 g/mol. The Morgan fingerprint density at radius 1 is 0.882 bits per heavy atom. The first-order chi connectivity index (χ1) is 8.20. The summed E-state index contributed by atoms with van der Waals surface area (Å²) in [4.78, 5) is 0. The third-order valence-corrected chi connectivity index (χ3v) is 2.69. The number of hydrogen-bond donors (Lipinski definition) is 3. The summed E-state index contributed by atoms with van der Waals surface area (Å²) < 4.78 is 0. The molecule has 0 spiro atoms. The standard InChI is InChI=1S/C14H15NO2/c15-8-7-12-9-11(3-6-14(12)17)10-1-4-13(16)5-2-10/h1-6,9,16-17H,7-8,15H2. The van der Waals surface area contributed by atoms with Crippen LogP contribution in [-0.4, -0.2) is 16.8 Å². The van der Waals surface area contributed by atoms with E-state index in [1.54, 1.807) is 18.2 Å². The van der Waals surface area contributed by atoms with Crippen LogP contribution in [0.5, 0.6) is 11.5 Å². The van der Waals surface area contributed by atoms with Crippen LogP contribution in [0.4, 0.5) is 0 Å². The summed E-state index contributed by atoms with van der Waals surface area (Å²) in [5, 5.41) is 18.9. The predicted octanol–water partition coefficient (Wildman–Crippen LogP) is 2.27. The van der Waals surface area contributed by atoms with E-state index in [-0.39, 0.29) is 11.5 Å². The Hall–Kier alpha value is -2.00. The lowest BCUT2D eigenvalue weighted by atomic mass is 10.0. The van der Waals surface area contributed by atoms with Crippen molar-refractivity contribution in [3.63, 3.8) is 0 Å². The monoisotopic (exact) mass is 229 g/mol. The second-order valence-electron chi connectivity index (χ2n) is 3.93. The minimum Gasteiger partial charge on any atom is -0.508 e. The van der Waals surface area contributed by atoms with Crippen LogP contribution in [-0.2, 0) is 6.42 Å².